The maximum atomic E-state index is 13.0. The Morgan fingerprint density at radius 1 is 1.35 bits per heavy atom. The van der Waals surface area contributed by atoms with E-state index in [4.69, 9.17) is 9.26 Å². The van der Waals surface area contributed by atoms with E-state index in [9.17, 15) is 4.79 Å². The average Bonchev–Trinajstić information content (AvgIpc) is 3.41. The molecular weight excluding hydrogens is 332 g/mol. The van der Waals surface area contributed by atoms with Crippen molar-refractivity contribution in [1.82, 2.24) is 19.8 Å². The number of ether oxygens (including phenoxy) is 1. The van der Waals surface area contributed by atoms with Gasteiger partial charge >= 0.3 is 0 Å². The molecule has 7 nitrogen and oxygen atoms in total. The quantitative estimate of drug-likeness (QED) is 0.721. The maximum Gasteiger partial charge on any atom is 0.257 e. The summed E-state index contributed by atoms with van der Waals surface area (Å²) in [5, 5.41) is 8.29. The van der Waals surface area contributed by atoms with Crippen molar-refractivity contribution in [2.45, 2.75) is 25.8 Å². The summed E-state index contributed by atoms with van der Waals surface area (Å²) >= 11 is 0. The third-order valence-electron chi connectivity index (χ3n) is 4.65. The molecule has 3 heterocycles. The van der Waals surface area contributed by atoms with Gasteiger partial charge in [0.05, 0.1) is 30.6 Å². The highest BCUT2D eigenvalue weighted by atomic mass is 16.5. The molecule has 1 aliphatic heterocycles. The van der Waals surface area contributed by atoms with Crippen LogP contribution in [0, 0.1) is 6.92 Å². The van der Waals surface area contributed by atoms with Crippen molar-refractivity contribution in [2.24, 2.45) is 0 Å². The average molecular weight is 352 g/mol. The van der Waals surface area contributed by atoms with Gasteiger partial charge in [0.25, 0.3) is 5.91 Å². The van der Waals surface area contributed by atoms with E-state index in [0.29, 0.717) is 17.9 Å². The Bertz CT molecular complexity index is 930. The Balaban J connectivity index is 1.60. The molecule has 0 saturated carbocycles. The third-order valence-corrected chi connectivity index (χ3v) is 4.65. The number of amides is 1. The summed E-state index contributed by atoms with van der Waals surface area (Å²) in [5.74, 6) is 1.39. The standard InChI is InChI=1S/C19H20N4O3/c1-13-10-18(26-21-13)15-7-5-9-22(15)19(24)14-11-20-23(12-14)16-6-3-4-8-17(16)25-2/h3-4,6,8,10-12,15H,5,7,9H2,1-2H3/t15-/m0/s1. The molecule has 2 aromatic heterocycles. The SMILES string of the molecule is COc1ccccc1-n1cc(C(=O)N2CCC[C@H]2c2cc(C)no2)cn1. The summed E-state index contributed by atoms with van der Waals surface area (Å²) < 4.78 is 12.4. The molecule has 0 N–H and O–H groups in total. The van der Waals surface area contributed by atoms with E-state index in [1.165, 1.54) is 0 Å². The number of benzene rings is 1. The summed E-state index contributed by atoms with van der Waals surface area (Å²) in [6.45, 7) is 2.58. The van der Waals surface area contributed by atoms with Crippen molar-refractivity contribution in [1.29, 1.82) is 0 Å². The fourth-order valence-corrected chi connectivity index (χ4v) is 3.40. The lowest BCUT2D eigenvalue weighted by Gasteiger charge is -2.21. The molecule has 1 amide bonds. The summed E-state index contributed by atoms with van der Waals surface area (Å²) in [6.07, 6.45) is 5.15. The first-order valence-corrected chi connectivity index (χ1v) is 8.59. The number of aromatic nitrogens is 3. The first kappa shape index (κ1) is 16.4. The van der Waals surface area contributed by atoms with Crippen LogP contribution in [0.15, 0.2) is 47.2 Å². The molecule has 1 saturated heterocycles. The second-order valence-corrected chi connectivity index (χ2v) is 6.37. The van der Waals surface area contributed by atoms with Gasteiger partial charge in [-0.25, -0.2) is 4.68 Å². The lowest BCUT2D eigenvalue weighted by Crippen LogP contribution is -2.30. The zero-order valence-electron chi connectivity index (χ0n) is 14.8. The first-order valence-electron chi connectivity index (χ1n) is 8.59. The normalized spacial score (nSPS) is 16.8. The highest BCUT2D eigenvalue weighted by Crippen LogP contribution is 2.33. The molecule has 0 unspecified atom stereocenters. The molecule has 0 radical (unpaired) electrons. The number of carbonyl (C=O) groups excluding carboxylic acids is 1. The van der Waals surface area contributed by atoms with E-state index in [1.807, 2.05) is 42.2 Å². The molecule has 0 spiro atoms. The molecule has 0 aliphatic carbocycles. The van der Waals surface area contributed by atoms with Crippen LogP contribution in [0.3, 0.4) is 0 Å². The number of hydrogen-bond donors (Lipinski definition) is 0. The molecule has 7 heteroatoms. The fourth-order valence-electron chi connectivity index (χ4n) is 3.40. The van der Waals surface area contributed by atoms with Crippen LogP contribution in [0.2, 0.25) is 0 Å². The zero-order valence-corrected chi connectivity index (χ0v) is 14.8. The van der Waals surface area contributed by atoms with E-state index in [2.05, 4.69) is 10.3 Å². The van der Waals surface area contributed by atoms with Crippen molar-refractivity contribution in [3.63, 3.8) is 0 Å². The van der Waals surface area contributed by atoms with Gasteiger partial charge in [0.2, 0.25) is 0 Å². The van der Waals surface area contributed by atoms with Crippen LogP contribution >= 0.6 is 0 Å². The van der Waals surface area contributed by atoms with Gasteiger partial charge in [0.1, 0.15) is 11.4 Å². The van der Waals surface area contributed by atoms with Crippen LogP contribution in [0.4, 0.5) is 0 Å². The Morgan fingerprint density at radius 2 is 2.19 bits per heavy atom. The number of rotatable bonds is 4. The largest absolute Gasteiger partial charge is 0.494 e. The van der Waals surface area contributed by atoms with E-state index in [1.54, 1.807) is 24.2 Å². The van der Waals surface area contributed by atoms with Gasteiger partial charge in [-0.1, -0.05) is 17.3 Å². The number of hydrogen-bond acceptors (Lipinski definition) is 5. The molecule has 1 atom stereocenters. The van der Waals surface area contributed by atoms with Gasteiger partial charge in [0, 0.05) is 18.8 Å². The smallest absolute Gasteiger partial charge is 0.257 e. The molecular formula is C19H20N4O3. The van der Waals surface area contributed by atoms with Gasteiger partial charge in [-0.2, -0.15) is 5.10 Å². The Morgan fingerprint density at radius 3 is 2.96 bits per heavy atom. The Hall–Kier alpha value is -3.09. The highest BCUT2D eigenvalue weighted by molar-refractivity contribution is 5.94. The lowest BCUT2D eigenvalue weighted by atomic mass is 10.1. The van der Waals surface area contributed by atoms with E-state index < -0.39 is 0 Å². The van der Waals surface area contributed by atoms with Gasteiger partial charge in [0.15, 0.2) is 5.76 Å². The van der Waals surface area contributed by atoms with Crippen LogP contribution in [-0.4, -0.2) is 39.4 Å². The molecule has 1 aromatic carbocycles. The predicted octanol–water partition coefficient (Wildman–Crippen LogP) is 3.15. The fraction of sp³-hybridized carbons (Fsp3) is 0.316. The van der Waals surface area contributed by atoms with Crippen LogP contribution < -0.4 is 4.74 Å². The van der Waals surface area contributed by atoms with E-state index in [0.717, 1.165) is 30.0 Å². The topological polar surface area (TPSA) is 73.4 Å². The molecule has 3 aromatic rings. The van der Waals surface area contributed by atoms with Gasteiger partial charge in [-0.3, -0.25) is 4.79 Å². The number of para-hydroxylation sites is 2. The first-order chi connectivity index (χ1) is 12.7. The maximum absolute atomic E-state index is 13.0. The van der Waals surface area contributed by atoms with Gasteiger partial charge < -0.3 is 14.2 Å². The minimum Gasteiger partial charge on any atom is -0.494 e. The van der Waals surface area contributed by atoms with Crippen molar-refractivity contribution >= 4 is 5.91 Å². The zero-order chi connectivity index (χ0) is 18.1. The van der Waals surface area contributed by atoms with Crippen LogP contribution in [0.5, 0.6) is 5.75 Å². The van der Waals surface area contributed by atoms with E-state index >= 15 is 0 Å². The van der Waals surface area contributed by atoms with Gasteiger partial charge in [-0.15, -0.1) is 0 Å². The van der Waals surface area contributed by atoms with Crippen LogP contribution in [0.25, 0.3) is 5.69 Å². The number of carbonyl (C=O) groups is 1. The second kappa shape index (κ2) is 6.67. The molecule has 134 valence electrons. The van der Waals surface area contributed by atoms with Crippen LogP contribution in [-0.2, 0) is 0 Å². The molecule has 1 fully saturated rings. The summed E-state index contributed by atoms with van der Waals surface area (Å²) in [6, 6.07) is 9.39. The third kappa shape index (κ3) is 2.85. The summed E-state index contributed by atoms with van der Waals surface area (Å²) in [7, 11) is 1.61. The Kier molecular flexibility index (Phi) is 4.20. The number of methoxy groups -OCH3 is 1. The monoisotopic (exact) mass is 352 g/mol. The van der Waals surface area contributed by atoms with E-state index in [-0.39, 0.29) is 11.9 Å². The number of nitrogens with zero attached hydrogens (tertiary/aromatic N) is 4. The number of aryl methyl sites for hydroxylation is 1. The minimum atomic E-state index is -0.0710. The summed E-state index contributed by atoms with van der Waals surface area (Å²) in [4.78, 5) is 14.9. The molecule has 1 aliphatic rings. The van der Waals surface area contributed by atoms with Gasteiger partial charge in [-0.05, 0) is 31.9 Å². The Labute approximate surface area is 151 Å². The molecule has 0 bridgehead atoms. The highest BCUT2D eigenvalue weighted by Gasteiger charge is 2.33. The minimum absolute atomic E-state index is 0.0531. The van der Waals surface area contributed by atoms with Crippen molar-refractivity contribution in [3.05, 3.63) is 59.7 Å². The molecule has 4 rings (SSSR count). The second-order valence-electron chi connectivity index (χ2n) is 6.37. The summed E-state index contributed by atoms with van der Waals surface area (Å²) in [5.41, 5.74) is 2.15. The van der Waals surface area contributed by atoms with Crippen molar-refractivity contribution in [2.75, 3.05) is 13.7 Å². The molecule has 26 heavy (non-hydrogen) atoms. The van der Waals surface area contributed by atoms with Crippen molar-refractivity contribution < 1.29 is 14.1 Å². The van der Waals surface area contributed by atoms with Crippen molar-refractivity contribution in [3.8, 4) is 11.4 Å². The predicted molar refractivity (Wildman–Crippen MR) is 94.4 cm³/mol. The number of likely N-dealkylation sites (tertiary alicyclic amines) is 1. The lowest BCUT2D eigenvalue weighted by molar-refractivity contribution is 0.0714. The van der Waals surface area contributed by atoms with Crippen LogP contribution in [0.1, 0.15) is 40.7 Å².